The van der Waals surface area contributed by atoms with Gasteiger partial charge in [0, 0.05) is 19.7 Å². The van der Waals surface area contributed by atoms with Gasteiger partial charge in [0.15, 0.2) is 0 Å². The Kier molecular flexibility index (Phi) is 6.28. The molecule has 1 fully saturated rings. The Hall–Kier alpha value is -1.10. The van der Waals surface area contributed by atoms with Gasteiger partial charge in [0.2, 0.25) is 5.91 Å². The number of carbonyl (C=O) groups excluding carboxylic acids is 1. The molecule has 0 radical (unpaired) electrons. The summed E-state index contributed by atoms with van der Waals surface area (Å²) >= 11 is 0. The minimum Gasteiger partial charge on any atom is -0.481 e. The maximum Gasteiger partial charge on any atom is 0.307 e. The van der Waals surface area contributed by atoms with Gasteiger partial charge >= 0.3 is 5.97 Å². The topological polar surface area (TPSA) is 66.8 Å². The molecule has 0 aromatic rings. The summed E-state index contributed by atoms with van der Waals surface area (Å²) in [6.07, 6.45) is 3.14. The number of rotatable bonds is 6. The molecule has 110 valence electrons. The normalized spacial score (nSPS) is 23.4. The number of methoxy groups -OCH3 is 1. The van der Waals surface area contributed by atoms with Crippen molar-refractivity contribution in [1.82, 2.24) is 4.90 Å². The van der Waals surface area contributed by atoms with E-state index in [1.54, 1.807) is 12.0 Å². The summed E-state index contributed by atoms with van der Waals surface area (Å²) in [6, 6.07) is 0.0685. The zero-order chi connectivity index (χ0) is 14.4. The van der Waals surface area contributed by atoms with Gasteiger partial charge in [0.25, 0.3) is 0 Å². The van der Waals surface area contributed by atoms with Gasteiger partial charge in [-0.15, -0.1) is 0 Å². The second kappa shape index (κ2) is 7.48. The lowest BCUT2D eigenvalue weighted by Gasteiger charge is -2.34. The molecular weight excluding hydrogens is 246 g/mol. The molecule has 1 rings (SSSR count). The molecule has 1 amide bonds. The Labute approximate surface area is 114 Å². The zero-order valence-electron chi connectivity index (χ0n) is 12.1. The highest BCUT2D eigenvalue weighted by atomic mass is 16.5. The molecule has 0 aliphatic heterocycles. The summed E-state index contributed by atoms with van der Waals surface area (Å²) in [7, 11) is 1.60. The molecule has 0 aromatic carbocycles. The van der Waals surface area contributed by atoms with Crippen LogP contribution in [-0.4, -0.2) is 48.2 Å². The van der Waals surface area contributed by atoms with Crippen molar-refractivity contribution < 1.29 is 19.4 Å². The van der Waals surface area contributed by atoms with Gasteiger partial charge in [-0.3, -0.25) is 9.59 Å². The number of ether oxygens (including phenoxy) is 1. The SMILES string of the molecule is COCCN(C(=O)C1CCCCC1C(=O)O)C(C)C. The molecule has 5 heteroatoms. The first-order valence-corrected chi connectivity index (χ1v) is 7.01. The second-order valence-corrected chi connectivity index (χ2v) is 5.45. The minimum atomic E-state index is -0.839. The lowest BCUT2D eigenvalue weighted by Crippen LogP contribution is -2.46. The van der Waals surface area contributed by atoms with Gasteiger partial charge < -0.3 is 14.7 Å². The standard InChI is InChI=1S/C14H25NO4/c1-10(2)15(8-9-19-3)13(16)11-6-4-5-7-12(11)14(17)18/h10-12H,4-9H2,1-3H3,(H,17,18). The maximum atomic E-state index is 12.6. The Morgan fingerprint density at radius 2 is 1.84 bits per heavy atom. The lowest BCUT2D eigenvalue weighted by molar-refractivity contribution is -0.153. The van der Waals surface area contributed by atoms with Crippen LogP contribution in [0.4, 0.5) is 0 Å². The highest BCUT2D eigenvalue weighted by molar-refractivity contribution is 5.85. The summed E-state index contributed by atoms with van der Waals surface area (Å²) in [5.74, 6) is -1.76. The van der Waals surface area contributed by atoms with Crippen LogP contribution in [0.2, 0.25) is 0 Å². The third-order valence-corrected chi connectivity index (χ3v) is 3.84. The number of aliphatic carboxylic acids is 1. The first-order valence-electron chi connectivity index (χ1n) is 7.01. The van der Waals surface area contributed by atoms with Crippen molar-refractivity contribution in [1.29, 1.82) is 0 Å². The van der Waals surface area contributed by atoms with Gasteiger partial charge in [0.1, 0.15) is 0 Å². The first-order chi connectivity index (χ1) is 8.99. The van der Waals surface area contributed by atoms with Crippen molar-refractivity contribution in [3.05, 3.63) is 0 Å². The van der Waals surface area contributed by atoms with E-state index in [2.05, 4.69) is 0 Å². The number of amides is 1. The van der Waals surface area contributed by atoms with E-state index in [4.69, 9.17) is 4.74 Å². The summed E-state index contributed by atoms with van der Waals surface area (Å²) in [6.45, 7) is 4.91. The van der Waals surface area contributed by atoms with E-state index in [1.165, 1.54) is 0 Å². The second-order valence-electron chi connectivity index (χ2n) is 5.45. The Morgan fingerprint density at radius 1 is 1.26 bits per heavy atom. The third-order valence-electron chi connectivity index (χ3n) is 3.84. The number of carbonyl (C=O) groups is 2. The van der Waals surface area contributed by atoms with Gasteiger partial charge in [-0.25, -0.2) is 0 Å². The predicted octanol–water partition coefficient (Wildman–Crippen LogP) is 1.76. The van der Waals surface area contributed by atoms with E-state index < -0.39 is 11.9 Å². The van der Waals surface area contributed by atoms with Crippen LogP contribution in [0.15, 0.2) is 0 Å². The molecule has 1 N–H and O–H groups in total. The first kappa shape index (κ1) is 16.0. The Balaban J connectivity index is 2.78. The molecule has 0 heterocycles. The molecule has 0 spiro atoms. The molecule has 0 bridgehead atoms. The highest BCUT2D eigenvalue weighted by Gasteiger charge is 2.38. The fraction of sp³-hybridized carbons (Fsp3) is 0.857. The minimum absolute atomic E-state index is 0.0286. The van der Waals surface area contributed by atoms with E-state index >= 15 is 0 Å². The smallest absolute Gasteiger partial charge is 0.307 e. The van der Waals surface area contributed by atoms with Crippen LogP contribution in [0, 0.1) is 11.8 Å². The van der Waals surface area contributed by atoms with Crippen LogP contribution in [-0.2, 0) is 14.3 Å². The van der Waals surface area contributed by atoms with Crippen molar-refractivity contribution in [3.8, 4) is 0 Å². The van der Waals surface area contributed by atoms with Gasteiger partial charge in [-0.05, 0) is 26.7 Å². The third kappa shape index (κ3) is 4.20. The van der Waals surface area contributed by atoms with Crippen LogP contribution in [0.1, 0.15) is 39.5 Å². The molecule has 5 nitrogen and oxygen atoms in total. The monoisotopic (exact) mass is 271 g/mol. The average Bonchev–Trinajstić information content (AvgIpc) is 2.38. The van der Waals surface area contributed by atoms with Crippen LogP contribution in [0.25, 0.3) is 0 Å². The highest BCUT2D eigenvalue weighted by Crippen LogP contribution is 2.32. The van der Waals surface area contributed by atoms with E-state index in [-0.39, 0.29) is 17.9 Å². The predicted molar refractivity (Wildman–Crippen MR) is 71.8 cm³/mol. The van der Waals surface area contributed by atoms with E-state index in [0.717, 1.165) is 12.8 Å². The summed E-state index contributed by atoms with van der Waals surface area (Å²) in [5.41, 5.74) is 0. The van der Waals surface area contributed by atoms with Gasteiger partial charge in [0.05, 0.1) is 18.4 Å². The molecule has 0 saturated heterocycles. The fourth-order valence-corrected chi connectivity index (χ4v) is 2.75. The zero-order valence-corrected chi connectivity index (χ0v) is 12.1. The van der Waals surface area contributed by atoms with Crippen LogP contribution >= 0.6 is 0 Å². The van der Waals surface area contributed by atoms with Crippen LogP contribution < -0.4 is 0 Å². The molecule has 19 heavy (non-hydrogen) atoms. The number of carboxylic acids is 1. The number of carboxylic acid groups (broad SMARTS) is 1. The molecular formula is C14H25NO4. The van der Waals surface area contributed by atoms with Crippen molar-refractivity contribution in [2.24, 2.45) is 11.8 Å². The molecule has 1 saturated carbocycles. The fourth-order valence-electron chi connectivity index (χ4n) is 2.75. The molecule has 2 unspecified atom stereocenters. The molecule has 2 atom stereocenters. The number of hydrogen-bond acceptors (Lipinski definition) is 3. The van der Waals surface area contributed by atoms with Crippen molar-refractivity contribution in [2.75, 3.05) is 20.3 Å². The molecule has 1 aliphatic rings. The largest absolute Gasteiger partial charge is 0.481 e. The van der Waals surface area contributed by atoms with E-state index in [0.29, 0.717) is 26.0 Å². The molecule has 0 aromatic heterocycles. The molecule has 1 aliphatic carbocycles. The van der Waals surface area contributed by atoms with Crippen LogP contribution in [0.3, 0.4) is 0 Å². The van der Waals surface area contributed by atoms with Crippen molar-refractivity contribution >= 4 is 11.9 Å². The van der Waals surface area contributed by atoms with Gasteiger partial charge in [-0.1, -0.05) is 12.8 Å². The van der Waals surface area contributed by atoms with E-state index in [9.17, 15) is 14.7 Å². The van der Waals surface area contributed by atoms with Gasteiger partial charge in [-0.2, -0.15) is 0 Å². The Morgan fingerprint density at radius 3 is 2.32 bits per heavy atom. The van der Waals surface area contributed by atoms with Crippen LogP contribution in [0.5, 0.6) is 0 Å². The maximum absolute atomic E-state index is 12.6. The summed E-state index contributed by atoms with van der Waals surface area (Å²) < 4.78 is 5.02. The number of hydrogen-bond donors (Lipinski definition) is 1. The summed E-state index contributed by atoms with van der Waals surface area (Å²) in [4.78, 5) is 25.6. The van der Waals surface area contributed by atoms with E-state index in [1.807, 2.05) is 13.8 Å². The van der Waals surface area contributed by atoms with Crippen molar-refractivity contribution in [3.63, 3.8) is 0 Å². The summed E-state index contributed by atoms with van der Waals surface area (Å²) in [5, 5.41) is 9.26. The van der Waals surface area contributed by atoms with Crippen molar-refractivity contribution in [2.45, 2.75) is 45.6 Å². The lowest BCUT2D eigenvalue weighted by atomic mass is 9.78. The quantitative estimate of drug-likeness (QED) is 0.799. The Bertz CT molecular complexity index is 317. The number of nitrogens with zero attached hydrogens (tertiary/aromatic N) is 1. The average molecular weight is 271 g/mol.